The molecule has 0 radical (unpaired) electrons. The molecule has 0 bridgehead atoms. The molecule has 0 spiro atoms. The number of hydrogen-bond acceptors (Lipinski definition) is 4. The fraction of sp³-hybridized carbons (Fsp3) is 0. The van der Waals surface area contributed by atoms with E-state index in [4.69, 9.17) is 5.11 Å². The Morgan fingerprint density at radius 1 is 0.929 bits per heavy atom. The van der Waals surface area contributed by atoms with E-state index < -0.39 is 17.9 Å². The fourth-order valence-electron chi connectivity index (χ4n) is 0.182. The van der Waals surface area contributed by atoms with E-state index in [2.05, 4.69) is 24.5 Å². The van der Waals surface area contributed by atoms with E-state index in [1.54, 1.807) is 0 Å². The lowest BCUT2D eigenvalue weighted by atomic mass is 10.6. The van der Waals surface area contributed by atoms with Gasteiger partial charge in [-0.05, 0) is 0 Å². The normalized spacial score (nSPS) is 7.14. The molecule has 14 heavy (non-hydrogen) atoms. The van der Waals surface area contributed by atoms with Crippen LogP contribution < -0.4 is 0 Å². The molecule has 0 aliphatic rings. The second kappa shape index (κ2) is 8.92. The Hall–Kier alpha value is -2.17. The third kappa shape index (κ3) is 12.5. The summed E-state index contributed by atoms with van der Waals surface area (Å²) >= 11 is 0. The van der Waals surface area contributed by atoms with Gasteiger partial charge in [-0.15, -0.1) is 0 Å². The number of carboxylic acid groups (broad SMARTS) is 1. The number of carbonyl (C=O) groups excluding carboxylic acids is 2. The minimum absolute atomic E-state index is 0.764. The molecule has 0 fully saturated rings. The summed E-state index contributed by atoms with van der Waals surface area (Å²) in [4.78, 5) is 29.6. The summed E-state index contributed by atoms with van der Waals surface area (Å²) in [7, 11) is 0. The van der Waals surface area contributed by atoms with Gasteiger partial charge in [-0.3, -0.25) is 0 Å². The molecular formula is C9H10O5. The lowest BCUT2D eigenvalue weighted by molar-refractivity contribution is -0.152. The molecule has 0 rings (SSSR count). The molecular weight excluding hydrogens is 188 g/mol. The first kappa shape index (κ1) is 14.4. The second-order valence-corrected chi connectivity index (χ2v) is 1.69. The van der Waals surface area contributed by atoms with Crippen molar-refractivity contribution in [1.82, 2.24) is 0 Å². The Morgan fingerprint density at radius 2 is 1.21 bits per heavy atom. The van der Waals surface area contributed by atoms with Crippen LogP contribution in [0.5, 0.6) is 0 Å². The molecule has 0 aliphatic heterocycles. The molecule has 1 N–H and O–H groups in total. The average Bonchev–Trinajstić information content (AvgIpc) is 2.18. The van der Waals surface area contributed by atoms with Crippen molar-refractivity contribution < 1.29 is 24.2 Å². The van der Waals surface area contributed by atoms with Crippen molar-refractivity contribution in [1.29, 1.82) is 0 Å². The molecule has 5 heteroatoms. The molecule has 0 unspecified atom stereocenters. The van der Waals surface area contributed by atoms with Gasteiger partial charge in [0.05, 0.1) is 0 Å². The van der Waals surface area contributed by atoms with E-state index in [1.807, 2.05) is 0 Å². The van der Waals surface area contributed by atoms with Gasteiger partial charge in [-0.2, -0.15) is 0 Å². The quantitative estimate of drug-likeness (QED) is 0.410. The number of rotatable bonds is 3. The summed E-state index contributed by atoms with van der Waals surface area (Å²) in [6.07, 6.45) is 2.64. The standard InChI is InChI=1S/C6H6O3.C3H4O2/c1-3-5(7)9-6(8)4-2;1-2-3(4)5/h3-4H,1-2H2;2H,1H2,(H,4,5). The van der Waals surface area contributed by atoms with Gasteiger partial charge in [-0.25, -0.2) is 14.4 Å². The van der Waals surface area contributed by atoms with Crippen LogP contribution in [0.2, 0.25) is 0 Å². The van der Waals surface area contributed by atoms with Gasteiger partial charge in [0.25, 0.3) is 0 Å². The van der Waals surface area contributed by atoms with E-state index in [-0.39, 0.29) is 0 Å². The Bertz CT molecular complexity index is 246. The average molecular weight is 198 g/mol. The minimum atomic E-state index is -0.981. The maximum Gasteiger partial charge on any atom is 0.338 e. The zero-order valence-corrected chi connectivity index (χ0v) is 7.43. The summed E-state index contributed by atoms with van der Waals surface area (Å²) < 4.78 is 4.03. The smallest absolute Gasteiger partial charge is 0.338 e. The van der Waals surface area contributed by atoms with E-state index >= 15 is 0 Å². The summed E-state index contributed by atoms with van der Waals surface area (Å²) in [5.41, 5.74) is 0. The summed E-state index contributed by atoms with van der Waals surface area (Å²) in [6, 6.07) is 0. The first-order valence-electron chi connectivity index (χ1n) is 3.33. The van der Waals surface area contributed by atoms with Gasteiger partial charge in [-0.1, -0.05) is 19.7 Å². The van der Waals surface area contributed by atoms with Crippen LogP contribution >= 0.6 is 0 Å². The molecule has 0 aromatic heterocycles. The zero-order chi connectivity index (χ0) is 11.6. The minimum Gasteiger partial charge on any atom is -0.478 e. The summed E-state index contributed by atoms with van der Waals surface area (Å²) in [6.45, 7) is 9.13. The van der Waals surface area contributed by atoms with Crippen LogP contribution in [-0.4, -0.2) is 23.0 Å². The van der Waals surface area contributed by atoms with E-state index in [0.29, 0.717) is 0 Å². The number of esters is 2. The largest absolute Gasteiger partial charge is 0.478 e. The molecule has 0 heterocycles. The molecule has 0 saturated carbocycles. The number of aliphatic carboxylic acids is 1. The number of carboxylic acids is 1. The molecule has 0 aromatic carbocycles. The highest BCUT2D eigenvalue weighted by Gasteiger charge is 1.99. The highest BCUT2D eigenvalue weighted by molar-refractivity contribution is 5.95. The van der Waals surface area contributed by atoms with E-state index in [9.17, 15) is 14.4 Å². The van der Waals surface area contributed by atoms with Crippen LogP contribution in [0.3, 0.4) is 0 Å². The van der Waals surface area contributed by atoms with Crippen molar-refractivity contribution in [2.24, 2.45) is 0 Å². The molecule has 0 aliphatic carbocycles. The number of ether oxygens (including phenoxy) is 1. The van der Waals surface area contributed by atoms with Crippen molar-refractivity contribution in [3.8, 4) is 0 Å². The van der Waals surface area contributed by atoms with E-state index in [1.165, 1.54) is 0 Å². The molecule has 0 aromatic rings. The van der Waals surface area contributed by atoms with Crippen molar-refractivity contribution in [3.63, 3.8) is 0 Å². The lowest BCUT2D eigenvalue weighted by Crippen LogP contribution is -2.05. The Balaban J connectivity index is 0. The Morgan fingerprint density at radius 3 is 1.36 bits per heavy atom. The predicted octanol–water partition coefficient (Wildman–Crippen LogP) is 0.685. The fourth-order valence-corrected chi connectivity index (χ4v) is 0.182. The molecule has 0 atom stereocenters. The lowest BCUT2D eigenvalue weighted by Gasteiger charge is -1.90. The highest BCUT2D eigenvalue weighted by Crippen LogP contribution is 1.80. The van der Waals surface area contributed by atoms with Crippen LogP contribution in [0.4, 0.5) is 0 Å². The van der Waals surface area contributed by atoms with Gasteiger partial charge in [0, 0.05) is 18.2 Å². The van der Waals surface area contributed by atoms with Gasteiger partial charge in [0.1, 0.15) is 0 Å². The number of hydrogen-bond donors (Lipinski definition) is 1. The van der Waals surface area contributed by atoms with Gasteiger partial charge in [0.2, 0.25) is 0 Å². The SMILES string of the molecule is C=CC(=O)O.C=CC(=O)OC(=O)C=C. The zero-order valence-electron chi connectivity index (χ0n) is 7.43. The van der Waals surface area contributed by atoms with Crippen molar-refractivity contribution >= 4 is 17.9 Å². The van der Waals surface area contributed by atoms with Crippen LogP contribution in [0.1, 0.15) is 0 Å². The topological polar surface area (TPSA) is 80.7 Å². The Labute approximate surface area is 81.0 Å². The maximum absolute atomic E-state index is 10.2. The molecule has 0 saturated heterocycles. The van der Waals surface area contributed by atoms with Crippen LogP contribution in [0, 0.1) is 0 Å². The number of carbonyl (C=O) groups is 3. The monoisotopic (exact) mass is 198 g/mol. The molecule has 76 valence electrons. The first-order chi connectivity index (χ1) is 6.47. The second-order valence-electron chi connectivity index (χ2n) is 1.69. The highest BCUT2D eigenvalue weighted by atomic mass is 16.6. The summed E-state index contributed by atoms with van der Waals surface area (Å²) in [5, 5.41) is 7.60. The van der Waals surface area contributed by atoms with Crippen LogP contribution in [0.25, 0.3) is 0 Å². The van der Waals surface area contributed by atoms with Gasteiger partial charge < -0.3 is 9.84 Å². The van der Waals surface area contributed by atoms with Crippen molar-refractivity contribution in [3.05, 3.63) is 38.0 Å². The third-order valence-corrected chi connectivity index (χ3v) is 0.709. The summed E-state index contributed by atoms with van der Waals surface area (Å²) in [5.74, 6) is -2.51. The van der Waals surface area contributed by atoms with E-state index in [0.717, 1.165) is 18.2 Å². The van der Waals surface area contributed by atoms with Crippen LogP contribution in [-0.2, 0) is 19.1 Å². The van der Waals surface area contributed by atoms with Gasteiger partial charge >= 0.3 is 17.9 Å². The van der Waals surface area contributed by atoms with Gasteiger partial charge in [0.15, 0.2) is 0 Å². The van der Waals surface area contributed by atoms with Crippen molar-refractivity contribution in [2.45, 2.75) is 0 Å². The first-order valence-corrected chi connectivity index (χ1v) is 3.33. The predicted molar refractivity (Wildman–Crippen MR) is 49.3 cm³/mol. The van der Waals surface area contributed by atoms with Crippen molar-refractivity contribution in [2.75, 3.05) is 0 Å². The molecule has 5 nitrogen and oxygen atoms in total. The third-order valence-electron chi connectivity index (χ3n) is 0.709. The Kier molecular flexibility index (Phi) is 9.15. The molecule has 0 amide bonds. The van der Waals surface area contributed by atoms with Crippen LogP contribution in [0.15, 0.2) is 38.0 Å². The maximum atomic E-state index is 10.2.